The Kier molecular flexibility index (Phi) is 6.66. The van der Waals surface area contributed by atoms with Crippen molar-refractivity contribution in [2.24, 2.45) is 5.92 Å². The van der Waals surface area contributed by atoms with E-state index in [0.29, 0.717) is 24.0 Å². The molecule has 1 saturated heterocycles. The van der Waals surface area contributed by atoms with Crippen molar-refractivity contribution < 1.29 is 28.7 Å². The van der Waals surface area contributed by atoms with E-state index in [1.165, 1.54) is 12.2 Å². The third-order valence-electron chi connectivity index (χ3n) is 4.00. The number of fused-ring (bicyclic) bond motifs is 1. The molecule has 0 N–H and O–H groups in total. The summed E-state index contributed by atoms with van der Waals surface area (Å²) in [5.74, 6) is -3.61. The summed E-state index contributed by atoms with van der Waals surface area (Å²) in [5, 5.41) is 0. The first-order chi connectivity index (χ1) is 12.5. The Balaban J connectivity index is 2.08. The number of imide groups is 1. The first-order valence-corrected chi connectivity index (χ1v) is 8.33. The number of carbonyl (C=O) groups is 4. The van der Waals surface area contributed by atoms with Gasteiger partial charge in [0.05, 0.1) is 0 Å². The van der Waals surface area contributed by atoms with Crippen molar-refractivity contribution in [2.75, 3.05) is 19.8 Å². The maximum absolute atomic E-state index is 12.4. The highest BCUT2D eigenvalue weighted by Gasteiger charge is 2.40. The van der Waals surface area contributed by atoms with Crippen molar-refractivity contribution in [2.45, 2.75) is 19.3 Å². The number of hydrogen-bond donors (Lipinski definition) is 0. The van der Waals surface area contributed by atoms with Crippen LogP contribution in [0.25, 0.3) is 0 Å². The highest BCUT2D eigenvalue weighted by atomic mass is 16.6. The molecule has 1 heterocycles. The molecule has 1 fully saturated rings. The Morgan fingerprint density at radius 1 is 1.00 bits per heavy atom. The molecule has 0 aromatic carbocycles. The Labute approximate surface area is 151 Å². The third kappa shape index (κ3) is 4.17. The predicted octanol–water partition coefficient (Wildman–Crippen LogP) is 1.47. The molecule has 138 valence electrons. The average Bonchev–Trinajstić information content (AvgIpc) is 2.89. The normalized spacial score (nSPS) is 16.0. The van der Waals surface area contributed by atoms with Crippen molar-refractivity contribution in [3.8, 4) is 0 Å². The molecule has 0 saturated carbocycles. The molecule has 26 heavy (non-hydrogen) atoms. The molecule has 0 bridgehead atoms. The number of rotatable bonds is 9. The summed E-state index contributed by atoms with van der Waals surface area (Å²) in [4.78, 5) is 50.1. The number of esters is 2. The van der Waals surface area contributed by atoms with Gasteiger partial charge in [0, 0.05) is 17.7 Å². The minimum Gasteiger partial charge on any atom is -0.461 e. The number of carbonyl (C=O) groups excluding carboxylic acids is 4. The monoisotopic (exact) mass is 359 g/mol. The highest BCUT2D eigenvalue weighted by molar-refractivity contribution is 6.24. The van der Waals surface area contributed by atoms with Gasteiger partial charge in [-0.2, -0.15) is 0 Å². The number of amides is 2. The Morgan fingerprint density at radius 3 is 1.88 bits per heavy atom. The van der Waals surface area contributed by atoms with Crippen LogP contribution in [0.1, 0.15) is 19.3 Å². The van der Waals surface area contributed by atoms with E-state index in [4.69, 9.17) is 9.47 Å². The fourth-order valence-electron chi connectivity index (χ4n) is 2.74. The second-order valence-electron chi connectivity index (χ2n) is 5.75. The van der Waals surface area contributed by atoms with Gasteiger partial charge in [0.25, 0.3) is 11.8 Å². The van der Waals surface area contributed by atoms with Crippen LogP contribution in [0.5, 0.6) is 0 Å². The molecule has 0 radical (unpaired) electrons. The van der Waals surface area contributed by atoms with Crippen LogP contribution in [0.2, 0.25) is 0 Å². The van der Waals surface area contributed by atoms with Gasteiger partial charge in [0.1, 0.15) is 13.2 Å². The Hall–Kier alpha value is -2.96. The minimum atomic E-state index is -1.24. The van der Waals surface area contributed by atoms with E-state index >= 15 is 0 Å². The molecule has 7 heteroatoms. The van der Waals surface area contributed by atoms with Gasteiger partial charge in [-0.05, 0) is 19.3 Å². The van der Waals surface area contributed by atoms with Crippen LogP contribution in [0, 0.1) is 5.92 Å². The second-order valence-corrected chi connectivity index (χ2v) is 5.75. The first kappa shape index (κ1) is 19.4. The SMILES string of the molecule is C=CCOC(=O)C(CCN1C(=O)C2=CCCC=C2C1=O)C(=O)OCC=C. The summed E-state index contributed by atoms with van der Waals surface area (Å²) in [5.41, 5.74) is 0.780. The topological polar surface area (TPSA) is 90.0 Å². The largest absolute Gasteiger partial charge is 0.461 e. The number of ether oxygens (including phenoxy) is 2. The van der Waals surface area contributed by atoms with Gasteiger partial charge in [-0.1, -0.05) is 37.5 Å². The molecule has 1 aliphatic carbocycles. The van der Waals surface area contributed by atoms with E-state index in [2.05, 4.69) is 13.2 Å². The van der Waals surface area contributed by atoms with Gasteiger partial charge in [-0.25, -0.2) is 0 Å². The number of allylic oxidation sites excluding steroid dienone is 2. The van der Waals surface area contributed by atoms with E-state index in [1.807, 2.05) is 0 Å². The van der Waals surface area contributed by atoms with Crippen LogP contribution in [-0.2, 0) is 28.7 Å². The van der Waals surface area contributed by atoms with Gasteiger partial charge >= 0.3 is 11.9 Å². The molecule has 0 unspecified atom stereocenters. The molecule has 2 amide bonds. The van der Waals surface area contributed by atoms with Crippen LogP contribution >= 0.6 is 0 Å². The molecule has 0 atom stereocenters. The van der Waals surface area contributed by atoms with Crippen LogP contribution < -0.4 is 0 Å². The average molecular weight is 359 g/mol. The fraction of sp³-hybridized carbons (Fsp3) is 0.368. The standard InChI is InChI=1S/C19H21NO6/c1-3-11-25-18(23)15(19(24)26-12-4-2)9-10-20-16(21)13-7-5-6-8-14(13)17(20)22/h3-4,7-8,15H,1-2,5-6,9-12H2. The minimum absolute atomic E-state index is 0.0502. The molecular formula is C19H21NO6. The number of nitrogens with zero attached hydrogens (tertiary/aromatic N) is 1. The van der Waals surface area contributed by atoms with Crippen molar-refractivity contribution in [1.29, 1.82) is 0 Å². The lowest BCUT2D eigenvalue weighted by atomic mass is 10.0. The summed E-state index contributed by atoms with van der Waals surface area (Å²) in [6, 6.07) is 0. The number of hydrogen-bond acceptors (Lipinski definition) is 6. The second kappa shape index (κ2) is 8.94. The summed E-state index contributed by atoms with van der Waals surface area (Å²) < 4.78 is 9.85. The fourth-order valence-corrected chi connectivity index (χ4v) is 2.74. The zero-order valence-electron chi connectivity index (χ0n) is 14.4. The first-order valence-electron chi connectivity index (χ1n) is 8.33. The van der Waals surface area contributed by atoms with Crippen LogP contribution in [0.3, 0.4) is 0 Å². The summed E-state index contributed by atoms with van der Waals surface area (Å²) in [6.07, 6.45) is 7.56. The molecule has 0 aromatic heterocycles. The maximum atomic E-state index is 12.4. The van der Waals surface area contributed by atoms with Gasteiger partial charge in [0.15, 0.2) is 5.92 Å². The smallest absolute Gasteiger partial charge is 0.320 e. The van der Waals surface area contributed by atoms with E-state index in [9.17, 15) is 19.2 Å². The lowest BCUT2D eigenvalue weighted by Gasteiger charge is -2.18. The lowest BCUT2D eigenvalue weighted by molar-refractivity contribution is -0.162. The maximum Gasteiger partial charge on any atom is 0.320 e. The summed E-state index contributed by atoms with van der Waals surface area (Å²) in [6.45, 7) is 6.70. The Morgan fingerprint density at radius 2 is 1.46 bits per heavy atom. The Bertz CT molecular complexity index is 647. The lowest BCUT2D eigenvalue weighted by Crippen LogP contribution is -2.36. The summed E-state index contributed by atoms with van der Waals surface area (Å²) in [7, 11) is 0. The van der Waals surface area contributed by atoms with Gasteiger partial charge in [-0.15, -0.1) is 0 Å². The van der Waals surface area contributed by atoms with E-state index in [-0.39, 0.29) is 26.2 Å². The molecule has 1 aliphatic heterocycles. The van der Waals surface area contributed by atoms with Crippen LogP contribution in [-0.4, -0.2) is 48.4 Å². The van der Waals surface area contributed by atoms with Crippen molar-refractivity contribution in [3.05, 3.63) is 48.6 Å². The molecule has 2 rings (SSSR count). The molecule has 0 spiro atoms. The molecule has 7 nitrogen and oxygen atoms in total. The molecule has 2 aliphatic rings. The van der Waals surface area contributed by atoms with Crippen molar-refractivity contribution in [3.63, 3.8) is 0 Å². The zero-order valence-corrected chi connectivity index (χ0v) is 14.4. The quantitative estimate of drug-likeness (QED) is 0.268. The van der Waals surface area contributed by atoms with E-state index in [1.54, 1.807) is 12.2 Å². The van der Waals surface area contributed by atoms with Gasteiger partial charge in [0.2, 0.25) is 0 Å². The predicted molar refractivity (Wildman–Crippen MR) is 92.5 cm³/mol. The van der Waals surface area contributed by atoms with Crippen LogP contribution in [0.4, 0.5) is 0 Å². The van der Waals surface area contributed by atoms with Gasteiger partial charge < -0.3 is 9.47 Å². The summed E-state index contributed by atoms with van der Waals surface area (Å²) >= 11 is 0. The zero-order chi connectivity index (χ0) is 19.1. The van der Waals surface area contributed by atoms with Crippen molar-refractivity contribution in [1.82, 2.24) is 4.90 Å². The number of likely N-dealkylation sites (tertiary alicyclic amines) is 1. The van der Waals surface area contributed by atoms with E-state index < -0.39 is 29.7 Å². The van der Waals surface area contributed by atoms with E-state index in [0.717, 1.165) is 4.90 Å². The third-order valence-corrected chi connectivity index (χ3v) is 4.00. The highest BCUT2D eigenvalue weighted by Crippen LogP contribution is 2.30. The van der Waals surface area contributed by atoms with Crippen molar-refractivity contribution >= 4 is 23.8 Å². The van der Waals surface area contributed by atoms with Crippen LogP contribution in [0.15, 0.2) is 48.6 Å². The molecule has 0 aromatic rings. The molecular weight excluding hydrogens is 338 g/mol. The van der Waals surface area contributed by atoms with Gasteiger partial charge in [-0.3, -0.25) is 24.1 Å².